The smallest absolute Gasteiger partial charge is 0.341 e. The van der Waals surface area contributed by atoms with Gasteiger partial charge in [0.05, 0.1) is 0 Å². The number of nitrogens with zero attached hydrogens (tertiary/aromatic N) is 1. The van der Waals surface area contributed by atoms with Gasteiger partial charge in [-0.1, -0.05) is 6.92 Å². The van der Waals surface area contributed by atoms with Crippen LogP contribution in [0.4, 0.5) is 0 Å². The molecule has 4 heteroatoms. The Kier molecular flexibility index (Phi) is 3.52. The van der Waals surface area contributed by atoms with Crippen LogP contribution in [-0.4, -0.2) is 21.7 Å². The highest BCUT2D eigenvalue weighted by molar-refractivity contribution is 5.90. The molecule has 0 saturated heterocycles. The van der Waals surface area contributed by atoms with Crippen molar-refractivity contribution in [2.24, 2.45) is 0 Å². The lowest BCUT2D eigenvalue weighted by Crippen LogP contribution is -2.28. The van der Waals surface area contributed by atoms with Gasteiger partial charge >= 0.3 is 5.97 Å². The number of carboxylic acid groups (broad SMARTS) is 1. The third-order valence-electron chi connectivity index (χ3n) is 2.45. The van der Waals surface area contributed by atoms with Crippen LogP contribution in [0, 0.1) is 6.92 Å². The van der Waals surface area contributed by atoms with E-state index in [1.807, 2.05) is 20.8 Å². The standard InChI is InChI=1S/C12H17NO3/c1-5-12(3,4)16-10-9(11(14)15)7-6-8(2)13-10/h6-7H,5H2,1-4H3,(H,14,15). The number of hydrogen-bond acceptors (Lipinski definition) is 3. The van der Waals surface area contributed by atoms with Crippen molar-refractivity contribution in [1.82, 2.24) is 4.98 Å². The number of aromatic carboxylic acids is 1. The minimum atomic E-state index is -1.02. The number of aryl methyl sites for hydroxylation is 1. The Morgan fingerprint density at radius 3 is 2.62 bits per heavy atom. The van der Waals surface area contributed by atoms with E-state index >= 15 is 0 Å². The van der Waals surface area contributed by atoms with Gasteiger partial charge in [-0.3, -0.25) is 0 Å². The number of rotatable bonds is 4. The summed E-state index contributed by atoms with van der Waals surface area (Å²) in [6.45, 7) is 7.60. The summed E-state index contributed by atoms with van der Waals surface area (Å²) in [5.41, 5.74) is 0.435. The molecule has 0 radical (unpaired) electrons. The summed E-state index contributed by atoms with van der Waals surface area (Å²) in [6.07, 6.45) is 0.779. The van der Waals surface area contributed by atoms with Gasteiger partial charge in [0, 0.05) is 5.69 Å². The van der Waals surface area contributed by atoms with Gasteiger partial charge in [-0.2, -0.15) is 0 Å². The topological polar surface area (TPSA) is 59.4 Å². The van der Waals surface area contributed by atoms with E-state index in [0.29, 0.717) is 0 Å². The molecule has 0 saturated carbocycles. The summed E-state index contributed by atoms with van der Waals surface area (Å²) in [4.78, 5) is 15.1. The number of carbonyl (C=O) groups is 1. The van der Waals surface area contributed by atoms with Gasteiger partial charge in [0.2, 0.25) is 5.88 Å². The van der Waals surface area contributed by atoms with Crippen LogP contribution >= 0.6 is 0 Å². The highest BCUT2D eigenvalue weighted by atomic mass is 16.5. The fourth-order valence-electron chi connectivity index (χ4n) is 1.11. The first-order valence-electron chi connectivity index (χ1n) is 5.25. The van der Waals surface area contributed by atoms with Gasteiger partial charge in [0.25, 0.3) is 0 Å². The number of aromatic nitrogens is 1. The molecule has 1 aromatic rings. The van der Waals surface area contributed by atoms with E-state index in [9.17, 15) is 4.79 Å². The first kappa shape index (κ1) is 12.5. The van der Waals surface area contributed by atoms with E-state index in [1.165, 1.54) is 6.07 Å². The molecule has 0 bridgehead atoms. The second-order valence-corrected chi connectivity index (χ2v) is 4.33. The van der Waals surface area contributed by atoms with Crippen LogP contribution in [0.2, 0.25) is 0 Å². The molecule has 0 aliphatic carbocycles. The molecule has 0 aromatic carbocycles. The molecule has 0 amide bonds. The van der Waals surface area contributed by atoms with Crippen LogP contribution in [0.5, 0.6) is 5.88 Å². The van der Waals surface area contributed by atoms with Crippen molar-refractivity contribution < 1.29 is 14.6 Å². The Morgan fingerprint density at radius 1 is 1.50 bits per heavy atom. The lowest BCUT2D eigenvalue weighted by atomic mass is 10.1. The molecule has 4 nitrogen and oxygen atoms in total. The quantitative estimate of drug-likeness (QED) is 0.852. The summed E-state index contributed by atoms with van der Waals surface area (Å²) in [7, 11) is 0. The Hall–Kier alpha value is -1.58. The summed E-state index contributed by atoms with van der Waals surface area (Å²) < 4.78 is 5.63. The van der Waals surface area contributed by atoms with E-state index in [4.69, 9.17) is 9.84 Å². The van der Waals surface area contributed by atoms with Gasteiger partial charge in [0.1, 0.15) is 11.2 Å². The first-order valence-corrected chi connectivity index (χ1v) is 5.25. The highest BCUT2D eigenvalue weighted by Crippen LogP contribution is 2.23. The van der Waals surface area contributed by atoms with E-state index in [-0.39, 0.29) is 11.4 Å². The molecule has 1 rings (SSSR count). The predicted molar refractivity (Wildman–Crippen MR) is 60.9 cm³/mol. The maximum absolute atomic E-state index is 11.0. The predicted octanol–water partition coefficient (Wildman–Crippen LogP) is 2.66. The van der Waals surface area contributed by atoms with E-state index in [2.05, 4.69) is 4.98 Å². The van der Waals surface area contributed by atoms with Crippen LogP contribution in [0.1, 0.15) is 43.2 Å². The molecule has 0 spiro atoms. The second-order valence-electron chi connectivity index (χ2n) is 4.33. The van der Waals surface area contributed by atoms with Gasteiger partial charge in [-0.05, 0) is 39.3 Å². The molecule has 0 unspecified atom stereocenters. The molecule has 88 valence electrons. The average molecular weight is 223 g/mol. The highest BCUT2D eigenvalue weighted by Gasteiger charge is 2.22. The van der Waals surface area contributed by atoms with Crippen LogP contribution in [0.3, 0.4) is 0 Å². The van der Waals surface area contributed by atoms with Gasteiger partial charge in [0.15, 0.2) is 0 Å². The molecule has 0 aliphatic heterocycles. The Balaban J connectivity index is 3.10. The van der Waals surface area contributed by atoms with E-state index < -0.39 is 11.6 Å². The fraction of sp³-hybridized carbons (Fsp3) is 0.500. The number of ether oxygens (including phenoxy) is 1. The number of hydrogen-bond donors (Lipinski definition) is 1. The maximum atomic E-state index is 11.0. The van der Waals surface area contributed by atoms with Crippen molar-refractivity contribution in [3.8, 4) is 5.88 Å². The Bertz CT molecular complexity index is 399. The van der Waals surface area contributed by atoms with E-state index in [0.717, 1.165) is 12.1 Å². The molecule has 1 heterocycles. The van der Waals surface area contributed by atoms with E-state index in [1.54, 1.807) is 13.0 Å². The number of carboxylic acids is 1. The molecule has 0 atom stereocenters. The van der Waals surface area contributed by atoms with Crippen LogP contribution < -0.4 is 4.74 Å². The molecule has 1 aromatic heterocycles. The summed E-state index contributed by atoms with van der Waals surface area (Å²) >= 11 is 0. The minimum Gasteiger partial charge on any atom is -0.477 e. The van der Waals surface area contributed by atoms with Crippen LogP contribution in [0.15, 0.2) is 12.1 Å². The maximum Gasteiger partial charge on any atom is 0.341 e. The van der Waals surface area contributed by atoms with Crippen LogP contribution in [0.25, 0.3) is 0 Å². The average Bonchev–Trinajstić information content (AvgIpc) is 2.16. The Morgan fingerprint density at radius 2 is 2.12 bits per heavy atom. The monoisotopic (exact) mass is 223 g/mol. The van der Waals surface area contributed by atoms with Crippen molar-refractivity contribution in [1.29, 1.82) is 0 Å². The van der Waals surface area contributed by atoms with Crippen molar-refractivity contribution >= 4 is 5.97 Å². The summed E-state index contributed by atoms with van der Waals surface area (Å²) in [5.74, 6) is -0.825. The van der Waals surface area contributed by atoms with Crippen molar-refractivity contribution in [3.63, 3.8) is 0 Å². The second kappa shape index (κ2) is 4.51. The SMILES string of the molecule is CCC(C)(C)Oc1nc(C)ccc1C(=O)O. The normalized spacial score (nSPS) is 11.2. The zero-order chi connectivity index (χ0) is 12.3. The number of pyridine rings is 1. The van der Waals surface area contributed by atoms with Crippen molar-refractivity contribution in [2.45, 2.75) is 39.7 Å². The molecular formula is C12H17NO3. The van der Waals surface area contributed by atoms with Crippen molar-refractivity contribution in [2.75, 3.05) is 0 Å². The molecule has 0 aliphatic rings. The molecule has 0 fully saturated rings. The van der Waals surface area contributed by atoms with Crippen LogP contribution in [-0.2, 0) is 0 Å². The van der Waals surface area contributed by atoms with Gasteiger partial charge < -0.3 is 9.84 Å². The first-order chi connectivity index (χ1) is 7.35. The lowest BCUT2D eigenvalue weighted by Gasteiger charge is -2.24. The Labute approximate surface area is 95.3 Å². The zero-order valence-electron chi connectivity index (χ0n) is 10.1. The largest absolute Gasteiger partial charge is 0.477 e. The van der Waals surface area contributed by atoms with Gasteiger partial charge in [-0.25, -0.2) is 9.78 Å². The molecule has 16 heavy (non-hydrogen) atoms. The summed E-state index contributed by atoms with van der Waals surface area (Å²) in [5, 5.41) is 9.01. The summed E-state index contributed by atoms with van der Waals surface area (Å²) in [6, 6.07) is 3.18. The van der Waals surface area contributed by atoms with Crippen molar-refractivity contribution in [3.05, 3.63) is 23.4 Å². The molecular weight excluding hydrogens is 206 g/mol. The zero-order valence-corrected chi connectivity index (χ0v) is 10.1. The minimum absolute atomic E-state index is 0.104. The third-order valence-corrected chi connectivity index (χ3v) is 2.45. The third kappa shape index (κ3) is 2.95. The fourth-order valence-corrected chi connectivity index (χ4v) is 1.11. The lowest BCUT2D eigenvalue weighted by molar-refractivity contribution is 0.0664. The molecule has 1 N–H and O–H groups in total. The van der Waals surface area contributed by atoms with Gasteiger partial charge in [-0.15, -0.1) is 0 Å².